The number of aryl methyl sites for hydroxylation is 2. The topological polar surface area (TPSA) is 97.1 Å². The molecule has 2 aromatic heterocycles. The molecule has 0 aliphatic carbocycles. The fourth-order valence-electron chi connectivity index (χ4n) is 2.09. The predicted molar refractivity (Wildman–Crippen MR) is 79.7 cm³/mol. The third kappa shape index (κ3) is 3.49. The van der Waals surface area contributed by atoms with E-state index in [9.17, 15) is 8.42 Å². The standard InChI is InChI=1S/C12H18N4O3S2/c1-8-6-13-11(20-8)7-14-21(18,19)12-9(2)15-16(4-5-17)10(12)3/h6,14,17H,4-5,7H2,1-3H3. The van der Waals surface area contributed by atoms with E-state index >= 15 is 0 Å². The van der Waals surface area contributed by atoms with Gasteiger partial charge < -0.3 is 5.11 Å². The van der Waals surface area contributed by atoms with Gasteiger partial charge in [-0.1, -0.05) is 0 Å². The first-order valence-electron chi connectivity index (χ1n) is 6.41. The summed E-state index contributed by atoms with van der Waals surface area (Å²) in [5.41, 5.74) is 0.938. The lowest BCUT2D eigenvalue weighted by atomic mass is 10.4. The van der Waals surface area contributed by atoms with E-state index in [-0.39, 0.29) is 24.6 Å². The summed E-state index contributed by atoms with van der Waals surface area (Å²) in [6, 6.07) is 0. The van der Waals surface area contributed by atoms with Crippen molar-refractivity contribution < 1.29 is 13.5 Å². The Labute approximate surface area is 127 Å². The molecule has 116 valence electrons. The van der Waals surface area contributed by atoms with Crippen molar-refractivity contribution in [2.45, 2.75) is 38.8 Å². The molecule has 0 aromatic carbocycles. The Morgan fingerprint density at radius 3 is 2.67 bits per heavy atom. The normalized spacial score (nSPS) is 12.0. The van der Waals surface area contributed by atoms with Crippen molar-refractivity contribution in [1.29, 1.82) is 0 Å². The second kappa shape index (κ2) is 6.22. The lowest BCUT2D eigenvalue weighted by Gasteiger charge is -2.06. The van der Waals surface area contributed by atoms with E-state index in [2.05, 4.69) is 14.8 Å². The second-order valence-corrected chi connectivity index (χ2v) is 7.66. The fraction of sp³-hybridized carbons (Fsp3) is 0.500. The Morgan fingerprint density at radius 1 is 1.38 bits per heavy atom. The van der Waals surface area contributed by atoms with Crippen molar-refractivity contribution in [3.63, 3.8) is 0 Å². The number of aliphatic hydroxyl groups excluding tert-OH is 1. The van der Waals surface area contributed by atoms with Crippen molar-refractivity contribution in [3.8, 4) is 0 Å². The first-order valence-corrected chi connectivity index (χ1v) is 8.71. The van der Waals surface area contributed by atoms with Gasteiger partial charge in [0.2, 0.25) is 10.0 Å². The maximum absolute atomic E-state index is 12.4. The fourth-order valence-corrected chi connectivity index (χ4v) is 4.31. The van der Waals surface area contributed by atoms with Gasteiger partial charge in [0.05, 0.1) is 31.1 Å². The first-order chi connectivity index (χ1) is 9.85. The van der Waals surface area contributed by atoms with Crippen LogP contribution in [0.15, 0.2) is 11.1 Å². The van der Waals surface area contributed by atoms with Gasteiger partial charge in [-0.15, -0.1) is 11.3 Å². The van der Waals surface area contributed by atoms with Gasteiger partial charge in [0.25, 0.3) is 0 Å². The van der Waals surface area contributed by atoms with E-state index < -0.39 is 10.0 Å². The SMILES string of the molecule is Cc1cnc(CNS(=O)(=O)c2c(C)nn(CCO)c2C)s1. The lowest BCUT2D eigenvalue weighted by Crippen LogP contribution is -2.24. The average Bonchev–Trinajstić information content (AvgIpc) is 2.93. The highest BCUT2D eigenvalue weighted by atomic mass is 32.2. The molecule has 21 heavy (non-hydrogen) atoms. The highest BCUT2D eigenvalue weighted by Gasteiger charge is 2.24. The average molecular weight is 330 g/mol. The summed E-state index contributed by atoms with van der Waals surface area (Å²) in [7, 11) is -3.66. The van der Waals surface area contributed by atoms with E-state index in [0.717, 1.165) is 4.88 Å². The third-order valence-corrected chi connectivity index (χ3v) is 5.54. The molecule has 0 radical (unpaired) electrons. The largest absolute Gasteiger partial charge is 0.394 e. The van der Waals surface area contributed by atoms with Crippen LogP contribution in [0, 0.1) is 20.8 Å². The minimum atomic E-state index is -3.66. The van der Waals surface area contributed by atoms with Crippen molar-refractivity contribution in [2.75, 3.05) is 6.61 Å². The molecule has 2 N–H and O–H groups in total. The number of rotatable bonds is 6. The molecule has 0 saturated heterocycles. The van der Waals surface area contributed by atoms with Crippen molar-refractivity contribution in [2.24, 2.45) is 0 Å². The second-order valence-electron chi connectivity index (χ2n) is 4.64. The van der Waals surface area contributed by atoms with E-state index in [0.29, 0.717) is 16.4 Å². The molecule has 0 spiro atoms. The van der Waals surface area contributed by atoms with Crippen LogP contribution in [0.1, 0.15) is 21.3 Å². The van der Waals surface area contributed by atoms with Gasteiger partial charge in [-0.2, -0.15) is 5.10 Å². The molecule has 2 aromatic rings. The van der Waals surface area contributed by atoms with Gasteiger partial charge in [0.1, 0.15) is 9.90 Å². The van der Waals surface area contributed by atoms with Crippen LogP contribution in [0.5, 0.6) is 0 Å². The Morgan fingerprint density at radius 2 is 2.10 bits per heavy atom. The number of hydrogen-bond donors (Lipinski definition) is 2. The summed E-state index contributed by atoms with van der Waals surface area (Å²) in [6.45, 7) is 5.58. The van der Waals surface area contributed by atoms with Crippen LogP contribution >= 0.6 is 11.3 Å². The van der Waals surface area contributed by atoms with Gasteiger partial charge in [0, 0.05) is 11.1 Å². The van der Waals surface area contributed by atoms with Gasteiger partial charge in [-0.05, 0) is 20.8 Å². The summed E-state index contributed by atoms with van der Waals surface area (Å²) in [6.07, 6.45) is 1.71. The quantitative estimate of drug-likeness (QED) is 0.814. The Bertz CT molecular complexity index is 734. The smallest absolute Gasteiger partial charge is 0.244 e. The number of aliphatic hydroxyl groups is 1. The number of hydrogen-bond acceptors (Lipinski definition) is 6. The molecular formula is C12H18N4O3S2. The lowest BCUT2D eigenvalue weighted by molar-refractivity contribution is 0.267. The molecule has 0 atom stereocenters. The Hall–Kier alpha value is -1.29. The van der Waals surface area contributed by atoms with E-state index in [1.165, 1.54) is 16.0 Å². The van der Waals surface area contributed by atoms with Crippen molar-refractivity contribution >= 4 is 21.4 Å². The van der Waals surface area contributed by atoms with Crippen LogP contribution in [0.2, 0.25) is 0 Å². The summed E-state index contributed by atoms with van der Waals surface area (Å²) >= 11 is 1.45. The maximum atomic E-state index is 12.4. The number of nitrogens with zero attached hydrogens (tertiary/aromatic N) is 3. The minimum absolute atomic E-state index is 0.0900. The first kappa shape index (κ1) is 16.1. The summed E-state index contributed by atoms with van der Waals surface area (Å²) in [5.74, 6) is 0. The molecular weight excluding hydrogens is 312 g/mol. The minimum Gasteiger partial charge on any atom is -0.394 e. The van der Waals surface area contributed by atoms with E-state index in [1.807, 2.05) is 6.92 Å². The van der Waals surface area contributed by atoms with Crippen LogP contribution < -0.4 is 4.72 Å². The Kier molecular flexibility index (Phi) is 4.77. The molecule has 2 rings (SSSR count). The van der Waals surface area contributed by atoms with Crippen LogP contribution in [0.4, 0.5) is 0 Å². The molecule has 0 fully saturated rings. The van der Waals surface area contributed by atoms with E-state index in [4.69, 9.17) is 5.11 Å². The summed E-state index contributed by atoms with van der Waals surface area (Å²) in [5, 5.41) is 13.8. The molecule has 2 heterocycles. The number of sulfonamides is 1. The zero-order valence-corrected chi connectivity index (χ0v) is 13.8. The van der Waals surface area contributed by atoms with Gasteiger partial charge in [-0.25, -0.2) is 18.1 Å². The molecule has 0 bridgehead atoms. The van der Waals surface area contributed by atoms with Gasteiger partial charge in [-0.3, -0.25) is 4.68 Å². The molecule has 9 heteroatoms. The maximum Gasteiger partial charge on any atom is 0.244 e. The number of nitrogens with one attached hydrogen (secondary N) is 1. The van der Waals surface area contributed by atoms with Crippen LogP contribution in [-0.4, -0.2) is 34.9 Å². The van der Waals surface area contributed by atoms with Gasteiger partial charge >= 0.3 is 0 Å². The van der Waals surface area contributed by atoms with Crippen LogP contribution in [-0.2, 0) is 23.1 Å². The number of thiazole rings is 1. The molecule has 0 unspecified atom stereocenters. The van der Waals surface area contributed by atoms with Crippen LogP contribution in [0.25, 0.3) is 0 Å². The third-order valence-electron chi connectivity index (χ3n) is 2.98. The molecule has 0 saturated carbocycles. The summed E-state index contributed by atoms with van der Waals surface area (Å²) in [4.78, 5) is 5.33. The van der Waals surface area contributed by atoms with E-state index in [1.54, 1.807) is 20.0 Å². The highest BCUT2D eigenvalue weighted by molar-refractivity contribution is 7.89. The molecule has 0 aliphatic heterocycles. The number of aromatic nitrogens is 3. The molecule has 0 aliphatic rings. The predicted octanol–water partition coefficient (Wildman–Crippen LogP) is 0.736. The van der Waals surface area contributed by atoms with Gasteiger partial charge in [0.15, 0.2) is 0 Å². The monoisotopic (exact) mass is 330 g/mol. The molecule has 0 amide bonds. The summed E-state index contributed by atoms with van der Waals surface area (Å²) < 4.78 is 28.9. The van der Waals surface area contributed by atoms with Crippen molar-refractivity contribution in [1.82, 2.24) is 19.5 Å². The highest BCUT2D eigenvalue weighted by Crippen LogP contribution is 2.20. The van der Waals surface area contributed by atoms with Crippen LogP contribution in [0.3, 0.4) is 0 Å². The zero-order valence-electron chi connectivity index (χ0n) is 12.1. The Balaban J connectivity index is 2.23. The zero-order chi connectivity index (χ0) is 15.6. The van der Waals surface area contributed by atoms with Crippen molar-refractivity contribution in [3.05, 3.63) is 27.5 Å². The molecule has 7 nitrogen and oxygen atoms in total.